The molecule has 0 unspecified atom stereocenters. The Morgan fingerprint density at radius 3 is 2.73 bits per heavy atom. The molecule has 1 aromatic carbocycles. The number of hydrogen-bond donors (Lipinski definition) is 1. The maximum Gasteiger partial charge on any atom is 0.243 e. The topological polar surface area (TPSA) is 29.1 Å². The van der Waals surface area contributed by atoms with Crippen molar-refractivity contribution in [2.24, 2.45) is 0 Å². The van der Waals surface area contributed by atoms with Crippen LogP contribution in [-0.4, -0.2) is 12.5 Å². The van der Waals surface area contributed by atoms with Gasteiger partial charge in [-0.15, -0.1) is 0 Å². The van der Waals surface area contributed by atoms with E-state index in [1.807, 2.05) is 31.2 Å². The second-order valence-corrected chi connectivity index (χ2v) is 3.32. The minimum absolute atomic E-state index is 0.00874. The number of carbonyl (C=O) groups is 1. The van der Waals surface area contributed by atoms with E-state index in [9.17, 15) is 4.79 Å². The first-order chi connectivity index (χ1) is 7.33. The number of likely N-dealkylation sites (N-methyl/N-ethyl adjacent to an activating group) is 1. The summed E-state index contributed by atoms with van der Waals surface area (Å²) >= 11 is 0. The van der Waals surface area contributed by atoms with Gasteiger partial charge in [0, 0.05) is 6.54 Å². The van der Waals surface area contributed by atoms with Crippen LogP contribution in [0.4, 0.5) is 0 Å². The van der Waals surface area contributed by atoms with Crippen LogP contribution in [0.2, 0.25) is 0 Å². The number of nitrogens with one attached hydrogen (secondary N) is 1. The highest BCUT2D eigenvalue weighted by molar-refractivity contribution is 5.87. The fourth-order valence-electron chi connectivity index (χ4n) is 1.32. The van der Waals surface area contributed by atoms with Gasteiger partial charge >= 0.3 is 0 Å². The third-order valence-corrected chi connectivity index (χ3v) is 2.06. The fourth-order valence-corrected chi connectivity index (χ4v) is 1.32. The fraction of sp³-hybridized carbons (Fsp3) is 0.308. The van der Waals surface area contributed by atoms with Crippen molar-refractivity contribution in [3.05, 3.63) is 48.0 Å². The predicted molar refractivity (Wildman–Crippen MR) is 62.6 cm³/mol. The van der Waals surface area contributed by atoms with Gasteiger partial charge in [0.2, 0.25) is 5.91 Å². The lowest BCUT2D eigenvalue weighted by atomic mass is 10.1. The minimum Gasteiger partial charge on any atom is -0.353 e. The lowest BCUT2D eigenvalue weighted by molar-refractivity contribution is -0.116. The van der Waals surface area contributed by atoms with Gasteiger partial charge in [-0.2, -0.15) is 0 Å². The van der Waals surface area contributed by atoms with Crippen LogP contribution in [0.25, 0.3) is 0 Å². The molecule has 0 spiro atoms. The van der Waals surface area contributed by atoms with Crippen LogP contribution in [0, 0.1) is 0 Å². The van der Waals surface area contributed by atoms with Crippen LogP contribution < -0.4 is 5.32 Å². The predicted octanol–water partition coefficient (Wildman–Crippen LogP) is 2.31. The molecule has 1 N–H and O–H groups in total. The second-order valence-electron chi connectivity index (χ2n) is 3.32. The van der Waals surface area contributed by atoms with Gasteiger partial charge < -0.3 is 5.32 Å². The van der Waals surface area contributed by atoms with E-state index >= 15 is 0 Å². The first-order valence-corrected chi connectivity index (χ1v) is 5.31. The highest BCUT2D eigenvalue weighted by atomic mass is 16.1. The molecule has 0 aromatic heterocycles. The quantitative estimate of drug-likeness (QED) is 0.731. The zero-order valence-corrected chi connectivity index (χ0v) is 9.07. The molecule has 2 heteroatoms. The van der Waals surface area contributed by atoms with E-state index in [-0.39, 0.29) is 5.91 Å². The Kier molecular flexibility index (Phi) is 5.23. The van der Waals surface area contributed by atoms with E-state index in [4.69, 9.17) is 0 Å². The summed E-state index contributed by atoms with van der Waals surface area (Å²) in [5.74, 6) is -0.00874. The second kappa shape index (κ2) is 6.82. The normalized spacial score (nSPS) is 10.5. The maximum absolute atomic E-state index is 11.1. The third-order valence-electron chi connectivity index (χ3n) is 2.06. The lowest BCUT2D eigenvalue weighted by Crippen LogP contribution is -2.19. The molecule has 0 aliphatic carbocycles. The lowest BCUT2D eigenvalue weighted by Gasteiger charge is -1.97. The average Bonchev–Trinajstić information content (AvgIpc) is 2.26. The van der Waals surface area contributed by atoms with E-state index in [0.29, 0.717) is 6.54 Å². The first-order valence-electron chi connectivity index (χ1n) is 5.31. The first kappa shape index (κ1) is 11.5. The molecule has 1 amide bonds. The van der Waals surface area contributed by atoms with Crippen LogP contribution in [0.5, 0.6) is 0 Å². The Bertz CT molecular complexity index is 317. The SMILES string of the molecule is CCNC(=O)/C=C/CCc1ccccc1. The Morgan fingerprint density at radius 2 is 2.07 bits per heavy atom. The molecule has 0 aliphatic rings. The standard InChI is InChI=1S/C13H17NO/c1-2-14-13(15)11-7-6-10-12-8-4-3-5-9-12/h3-5,7-9,11H,2,6,10H2,1H3,(H,14,15)/b11-7+. The monoisotopic (exact) mass is 203 g/mol. The molecule has 0 aliphatic heterocycles. The summed E-state index contributed by atoms with van der Waals surface area (Å²) in [6, 6.07) is 10.3. The van der Waals surface area contributed by atoms with Crippen molar-refractivity contribution in [2.75, 3.05) is 6.54 Å². The summed E-state index contributed by atoms with van der Waals surface area (Å²) in [6.45, 7) is 2.59. The highest BCUT2D eigenvalue weighted by Crippen LogP contribution is 2.02. The average molecular weight is 203 g/mol. The summed E-state index contributed by atoms with van der Waals surface area (Å²) < 4.78 is 0. The van der Waals surface area contributed by atoms with Crippen molar-refractivity contribution in [2.45, 2.75) is 19.8 Å². The molecule has 0 bridgehead atoms. The zero-order valence-electron chi connectivity index (χ0n) is 9.07. The van der Waals surface area contributed by atoms with Gasteiger partial charge in [-0.3, -0.25) is 4.79 Å². The maximum atomic E-state index is 11.1. The minimum atomic E-state index is -0.00874. The summed E-state index contributed by atoms with van der Waals surface area (Å²) in [4.78, 5) is 11.1. The molecule has 2 nitrogen and oxygen atoms in total. The summed E-state index contributed by atoms with van der Waals surface area (Å²) in [6.07, 6.45) is 5.41. The van der Waals surface area contributed by atoms with E-state index < -0.39 is 0 Å². The largest absolute Gasteiger partial charge is 0.353 e. The Labute approximate surface area is 91.0 Å². The molecular formula is C13H17NO. The molecule has 0 saturated carbocycles. The Balaban J connectivity index is 2.24. The van der Waals surface area contributed by atoms with Gasteiger partial charge in [0.05, 0.1) is 0 Å². The van der Waals surface area contributed by atoms with Crippen molar-refractivity contribution in [3.63, 3.8) is 0 Å². The third kappa shape index (κ3) is 5.01. The summed E-state index contributed by atoms with van der Waals surface area (Å²) in [5.41, 5.74) is 1.30. The molecule has 0 fully saturated rings. The molecule has 1 aromatic rings. The summed E-state index contributed by atoms with van der Waals surface area (Å²) in [7, 11) is 0. The Morgan fingerprint density at radius 1 is 1.33 bits per heavy atom. The number of aryl methyl sites for hydroxylation is 1. The molecule has 0 radical (unpaired) electrons. The zero-order chi connectivity index (χ0) is 10.9. The molecule has 0 atom stereocenters. The van der Waals surface area contributed by atoms with Gasteiger partial charge in [-0.05, 0) is 31.4 Å². The molecule has 80 valence electrons. The van der Waals surface area contributed by atoms with Crippen molar-refractivity contribution < 1.29 is 4.79 Å². The van der Waals surface area contributed by atoms with E-state index in [1.54, 1.807) is 6.08 Å². The van der Waals surface area contributed by atoms with Gasteiger partial charge in [0.15, 0.2) is 0 Å². The van der Waals surface area contributed by atoms with Crippen LogP contribution >= 0.6 is 0 Å². The molecule has 15 heavy (non-hydrogen) atoms. The van der Waals surface area contributed by atoms with Crippen molar-refractivity contribution in [3.8, 4) is 0 Å². The van der Waals surface area contributed by atoms with Crippen molar-refractivity contribution >= 4 is 5.91 Å². The van der Waals surface area contributed by atoms with Crippen LogP contribution in [0.3, 0.4) is 0 Å². The van der Waals surface area contributed by atoms with E-state index in [1.165, 1.54) is 5.56 Å². The molecular weight excluding hydrogens is 186 g/mol. The number of amides is 1. The van der Waals surface area contributed by atoms with Gasteiger partial charge in [-0.25, -0.2) is 0 Å². The Hall–Kier alpha value is -1.57. The van der Waals surface area contributed by atoms with Gasteiger partial charge in [-0.1, -0.05) is 36.4 Å². The van der Waals surface area contributed by atoms with Crippen molar-refractivity contribution in [1.29, 1.82) is 0 Å². The van der Waals surface area contributed by atoms with E-state index in [2.05, 4.69) is 17.4 Å². The summed E-state index contributed by atoms with van der Waals surface area (Å²) in [5, 5.41) is 2.72. The number of carbonyl (C=O) groups excluding carboxylic acids is 1. The number of hydrogen-bond acceptors (Lipinski definition) is 1. The smallest absolute Gasteiger partial charge is 0.243 e. The highest BCUT2D eigenvalue weighted by Gasteiger charge is 1.91. The van der Waals surface area contributed by atoms with Crippen molar-refractivity contribution in [1.82, 2.24) is 5.32 Å². The van der Waals surface area contributed by atoms with Gasteiger partial charge in [0.1, 0.15) is 0 Å². The van der Waals surface area contributed by atoms with Crippen LogP contribution in [-0.2, 0) is 11.2 Å². The molecule has 0 heterocycles. The molecule has 0 saturated heterocycles. The van der Waals surface area contributed by atoms with Gasteiger partial charge in [0.25, 0.3) is 0 Å². The van der Waals surface area contributed by atoms with Crippen LogP contribution in [0.1, 0.15) is 18.9 Å². The van der Waals surface area contributed by atoms with E-state index in [0.717, 1.165) is 12.8 Å². The number of rotatable bonds is 5. The number of allylic oxidation sites excluding steroid dienone is 1. The van der Waals surface area contributed by atoms with Crippen LogP contribution in [0.15, 0.2) is 42.5 Å². The molecule has 1 rings (SSSR count). The number of benzene rings is 1.